The van der Waals surface area contributed by atoms with Gasteiger partial charge in [0.15, 0.2) is 0 Å². The van der Waals surface area contributed by atoms with Gasteiger partial charge >= 0.3 is 0 Å². The van der Waals surface area contributed by atoms with Crippen LogP contribution in [0.4, 0.5) is 0 Å². The summed E-state index contributed by atoms with van der Waals surface area (Å²) in [6.45, 7) is 2.13. The van der Waals surface area contributed by atoms with Crippen LogP contribution in [0.25, 0.3) is 0 Å². The standard InChI is InChI=1S/C14H20N2S/c1-11-3-2-4-12(7-11)9-17-10-14(5-6-14)8-13(15)16/h2-4,7H,5-6,8-10H2,1H3,(H3,15,16). The molecular weight excluding hydrogens is 228 g/mol. The number of nitrogens with two attached hydrogens (primary N) is 1. The zero-order valence-corrected chi connectivity index (χ0v) is 11.1. The van der Waals surface area contributed by atoms with Gasteiger partial charge in [-0.05, 0) is 36.5 Å². The van der Waals surface area contributed by atoms with E-state index in [4.69, 9.17) is 11.1 Å². The zero-order chi connectivity index (χ0) is 12.3. The molecule has 0 atom stereocenters. The molecule has 0 unspecified atom stereocenters. The number of rotatable bonds is 6. The Morgan fingerprint density at radius 3 is 2.82 bits per heavy atom. The van der Waals surface area contributed by atoms with E-state index in [-0.39, 0.29) is 0 Å². The minimum Gasteiger partial charge on any atom is -0.388 e. The van der Waals surface area contributed by atoms with Crippen molar-refractivity contribution in [1.29, 1.82) is 5.41 Å². The summed E-state index contributed by atoms with van der Waals surface area (Å²) in [7, 11) is 0. The first-order valence-corrected chi connectivity index (χ1v) is 7.21. The van der Waals surface area contributed by atoms with Gasteiger partial charge in [-0.1, -0.05) is 29.8 Å². The molecule has 1 saturated carbocycles. The molecule has 17 heavy (non-hydrogen) atoms. The summed E-state index contributed by atoms with van der Waals surface area (Å²) in [4.78, 5) is 0. The summed E-state index contributed by atoms with van der Waals surface area (Å²) in [5, 5.41) is 7.39. The maximum absolute atomic E-state index is 7.39. The summed E-state index contributed by atoms with van der Waals surface area (Å²) >= 11 is 1.97. The fourth-order valence-electron chi connectivity index (χ4n) is 2.14. The van der Waals surface area contributed by atoms with Crippen LogP contribution in [0.3, 0.4) is 0 Å². The van der Waals surface area contributed by atoms with Crippen LogP contribution in [0.2, 0.25) is 0 Å². The summed E-state index contributed by atoms with van der Waals surface area (Å²) in [6.07, 6.45) is 3.27. The average molecular weight is 248 g/mol. The molecule has 0 heterocycles. The van der Waals surface area contributed by atoms with Gasteiger partial charge in [-0.3, -0.25) is 5.41 Å². The molecule has 0 radical (unpaired) electrons. The van der Waals surface area contributed by atoms with E-state index in [0.717, 1.165) is 17.9 Å². The molecule has 0 amide bonds. The molecule has 1 aromatic carbocycles. The fourth-order valence-corrected chi connectivity index (χ4v) is 3.48. The third kappa shape index (κ3) is 3.77. The lowest BCUT2D eigenvalue weighted by Gasteiger charge is -2.13. The first-order chi connectivity index (χ1) is 8.10. The van der Waals surface area contributed by atoms with Crippen LogP contribution >= 0.6 is 11.8 Å². The van der Waals surface area contributed by atoms with Crippen LogP contribution in [0.1, 0.15) is 30.4 Å². The number of hydrogen-bond acceptors (Lipinski definition) is 2. The van der Waals surface area contributed by atoms with Gasteiger partial charge in [-0.2, -0.15) is 11.8 Å². The van der Waals surface area contributed by atoms with Gasteiger partial charge in [0.05, 0.1) is 5.84 Å². The maximum atomic E-state index is 7.39. The SMILES string of the molecule is Cc1cccc(CSCC2(CC(=N)N)CC2)c1. The topological polar surface area (TPSA) is 49.9 Å². The van der Waals surface area contributed by atoms with Crippen LogP contribution < -0.4 is 5.73 Å². The van der Waals surface area contributed by atoms with Gasteiger partial charge in [0, 0.05) is 12.2 Å². The van der Waals surface area contributed by atoms with Crippen molar-refractivity contribution in [2.75, 3.05) is 5.75 Å². The molecule has 0 saturated heterocycles. The van der Waals surface area contributed by atoms with Crippen molar-refractivity contribution in [3.05, 3.63) is 35.4 Å². The lowest BCUT2D eigenvalue weighted by atomic mass is 10.1. The molecule has 2 nitrogen and oxygen atoms in total. The Bertz CT molecular complexity index is 410. The summed E-state index contributed by atoms with van der Waals surface area (Å²) in [6, 6.07) is 8.68. The van der Waals surface area contributed by atoms with E-state index in [1.54, 1.807) is 0 Å². The number of nitrogens with one attached hydrogen (secondary N) is 1. The molecule has 0 bridgehead atoms. The molecule has 1 fully saturated rings. The number of hydrogen-bond donors (Lipinski definition) is 2. The van der Waals surface area contributed by atoms with E-state index in [0.29, 0.717) is 11.3 Å². The summed E-state index contributed by atoms with van der Waals surface area (Å²) in [5.41, 5.74) is 8.58. The second-order valence-corrected chi connectivity index (χ2v) is 6.17. The second-order valence-electron chi connectivity index (χ2n) is 5.18. The van der Waals surface area contributed by atoms with Crippen LogP contribution in [0.5, 0.6) is 0 Å². The Morgan fingerprint density at radius 2 is 2.24 bits per heavy atom. The average Bonchev–Trinajstić information content (AvgIpc) is 2.97. The normalized spacial score (nSPS) is 16.8. The van der Waals surface area contributed by atoms with Crippen LogP contribution in [-0.4, -0.2) is 11.6 Å². The molecule has 0 spiro atoms. The van der Waals surface area contributed by atoms with E-state index < -0.39 is 0 Å². The highest BCUT2D eigenvalue weighted by Gasteiger charge is 2.42. The number of benzene rings is 1. The van der Waals surface area contributed by atoms with Crippen LogP contribution in [0, 0.1) is 17.7 Å². The molecule has 1 aromatic rings. The number of amidine groups is 1. The molecule has 3 N–H and O–H groups in total. The Balaban J connectivity index is 1.78. The molecule has 0 aromatic heterocycles. The van der Waals surface area contributed by atoms with Gasteiger partial charge in [0.1, 0.15) is 0 Å². The van der Waals surface area contributed by atoms with Crippen molar-refractivity contribution in [3.63, 3.8) is 0 Å². The van der Waals surface area contributed by atoms with Crippen molar-refractivity contribution in [1.82, 2.24) is 0 Å². The molecule has 92 valence electrons. The first-order valence-electron chi connectivity index (χ1n) is 6.06. The Hall–Kier alpha value is -0.960. The van der Waals surface area contributed by atoms with Gasteiger partial charge in [0.25, 0.3) is 0 Å². The predicted octanol–water partition coefficient (Wildman–Crippen LogP) is 3.33. The third-order valence-corrected chi connectivity index (χ3v) is 4.64. The zero-order valence-electron chi connectivity index (χ0n) is 10.3. The third-order valence-electron chi connectivity index (χ3n) is 3.28. The van der Waals surface area contributed by atoms with Crippen molar-refractivity contribution >= 4 is 17.6 Å². The fraction of sp³-hybridized carbons (Fsp3) is 0.500. The molecule has 2 rings (SSSR count). The molecule has 1 aliphatic carbocycles. The Morgan fingerprint density at radius 1 is 1.47 bits per heavy atom. The summed E-state index contributed by atoms with van der Waals surface area (Å²) in [5.74, 6) is 2.56. The highest BCUT2D eigenvalue weighted by atomic mass is 32.2. The summed E-state index contributed by atoms with van der Waals surface area (Å²) < 4.78 is 0. The lowest BCUT2D eigenvalue weighted by molar-refractivity contribution is 0.612. The lowest BCUT2D eigenvalue weighted by Crippen LogP contribution is -2.18. The van der Waals surface area contributed by atoms with Gasteiger partial charge < -0.3 is 5.73 Å². The quantitative estimate of drug-likeness (QED) is 0.599. The molecule has 3 heteroatoms. The van der Waals surface area contributed by atoms with Crippen molar-refractivity contribution in [2.24, 2.45) is 11.1 Å². The highest BCUT2D eigenvalue weighted by Crippen LogP contribution is 2.51. The van der Waals surface area contributed by atoms with E-state index in [1.807, 2.05) is 11.8 Å². The van der Waals surface area contributed by atoms with E-state index in [2.05, 4.69) is 31.2 Å². The highest BCUT2D eigenvalue weighted by molar-refractivity contribution is 7.98. The largest absolute Gasteiger partial charge is 0.388 e. The monoisotopic (exact) mass is 248 g/mol. The van der Waals surface area contributed by atoms with Gasteiger partial charge in [-0.25, -0.2) is 0 Å². The molecule has 1 aliphatic rings. The number of thioether (sulfide) groups is 1. The Labute approximate surface area is 107 Å². The van der Waals surface area contributed by atoms with Gasteiger partial charge in [-0.15, -0.1) is 0 Å². The van der Waals surface area contributed by atoms with Gasteiger partial charge in [0.2, 0.25) is 0 Å². The van der Waals surface area contributed by atoms with E-state index in [9.17, 15) is 0 Å². The maximum Gasteiger partial charge on any atom is 0.0911 e. The minimum absolute atomic E-state index is 0.346. The smallest absolute Gasteiger partial charge is 0.0911 e. The van der Waals surface area contributed by atoms with Crippen molar-refractivity contribution < 1.29 is 0 Å². The van der Waals surface area contributed by atoms with Crippen LogP contribution in [-0.2, 0) is 5.75 Å². The van der Waals surface area contributed by atoms with Crippen molar-refractivity contribution in [3.8, 4) is 0 Å². The Kier molecular flexibility index (Phi) is 3.77. The van der Waals surface area contributed by atoms with Crippen LogP contribution in [0.15, 0.2) is 24.3 Å². The predicted molar refractivity (Wildman–Crippen MR) is 75.5 cm³/mol. The van der Waals surface area contributed by atoms with Crippen molar-refractivity contribution in [2.45, 2.75) is 31.9 Å². The molecule has 0 aliphatic heterocycles. The molecular formula is C14H20N2S. The minimum atomic E-state index is 0.346. The van der Waals surface area contributed by atoms with E-state index >= 15 is 0 Å². The number of aryl methyl sites for hydroxylation is 1. The first kappa shape index (κ1) is 12.5. The second kappa shape index (κ2) is 5.13. The van der Waals surface area contributed by atoms with E-state index in [1.165, 1.54) is 24.0 Å².